The molecule has 0 aromatic heterocycles. The Morgan fingerprint density at radius 1 is 1.07 bits per heavy atom. The first-order valence-electron chi connectivity index (χ1n) is 6.25. The van der Waals surface area contributed by atoms with Gasteiger partial charge in [-0.3, -0.25) is 0 Å². The van der Waals surface area contributed by atoms with Gasteiger partial charge in [-0.25, -0.2) is 0 Å². The van der Waals surface area contributed by atoms with Gasteiger partial charge in [-0.2, -0.15) is 0 Å². The SMILES string of the molecule is C.CCC[C@H](C(C)C)C1CCCCC1. The van der Waals surface area contributed by atoms with E-state index in [1.165, 1.54) is 44.9 Å². The van der Waals surface area contributed by atoms with E-state index in [2.05, 4.69) is 20.8 Å². The minimum absolute atomic E-state index is 0. The van der Waals surface area contributed by atoms with Gasteiger partial charge in [0, 0.05) is 0 Å². The monoisotopic (exact) mass is 198 g/mol. The first kappa shape index (κ1) is 14.0. The molecule has 0 heterocycles. The predicted octanol–water partition coefficient (Wildman–Crippen LogP) is 5.28. The molecule has 1 aliphatic rings. The summed E-state index contributed by atoms with van der Waals surface area (Å²) >= 11 is 0. The van der Waals surface area contributed by atoms with Gasteiger partial charge in [-0.05, 0) is 17.8 Å². The highest BCUT2D eigenvalue weighted by Gasteiger charge is 2.24. The van der Waals surface area contributed by atoms with Gasteiger partial charge >= 0.3 is 0 Å². The van der Waals surface area contributed by atoms with Gasteiger partial charge in [0.15, 0.2) is 0 Å². The molecule has 0 spiro atoms. The molecule has 1 aliphatic carbocycles. The summed E-state index contributed by atoms with van der Waals surface area (Å²) < 4.78 is 0. The second-order valence-electron chi connectivity index (χ2n) is 5.09. The fourth-order valence-corrected chi connectivity index (χ4v) is 3.01. The quantitative estimate of drug-likeness (QED) is 0.577. The Hall–Kier alpha value is 0. The van der Waals surface area contributed by atoms with Crippen LogP contribution >= 0.6 is 0 Å². The first-order chi connectivity index (χ1) is 6.25. The lowest BCUT2D eigenvalue weighted by molar-refractivity contribution is 0.183. The Balaban J connectivity index is 0.00000169. The third kappa shape index (κ3) is 4.02. The second-order valence-corrected chi connectivity index (χ2v) is 5.09. The molecule has 1 atom stereocenters. The largest absolute Gasteiger partial charge is 0.0776 e. The fourth-order valence-electron chi connectivity index (χ4n) is 3.01. The van der Waals surface area contributed by atoms with E-state index in [4.69, 9.17) is 0 Å². The normalized spacial score (nSPS) is 20.6. The summed E-state index contributed by atoms with van der Waals surface area (Å²) in [6, 6.07) is 0. The van der Waals surface area contributed by atoms with Crippen molar-refractivity contribution in [2.45, 2.75) is 73.1 Å². The van der Waals surface area contributed by atoms with Crippen molar-refractivity contribution in [2.24, 2.45) is 17.8 Å². The summed E-state index contributed by atoms with van der Waals surface area (Å²) in [7, 11) is 0. The fraction of sp³-hybridized carbons (Fsp3) is 1.00. The van der Waals surface area contributed by atoms with Crippen LogP contribution in [0.3, 0.4) is 0 Å². The van der Waals surface area contributed by atoms with Gasteiger partial charge < -0.3 is 0 Å². The highest BCUT2D eigenvalue weighted by Crippen LogP contribution is 2.36. The zero-order valence-electron chi connectivity index (χ0n) is 9.68. The van der Waals surface area contributed by atoms with Crippen LogP contribution in [-0.2, 0) is 0 Å². The number of rotatable bonds is 4. The summed E-state index contributed by atoms with van der Waals surface area (Å²) in [6.07, 6.45) is 10.4. The molecule has 1 saturated carbocycles. The van der Waals surface area contributed by atoms with Gasteiger partial charge in [0.25, 0.3) is 0 Å². The Kier molecular flexibility index (Phi) is 7.31. The molecule has 0 aromatic rings. The standard InChI is InChI=1S/C13H26.CH4/c1-4-8-13(11(2)3)12-9-6-5-7-10-12;/h11-13H,4-10H2,1-3H3;1H4/t13-;/m1./s1. The van der Waals surface area contributed by atoms with Crippen molar-refractivity contribution < 1.29 is 0 Å². The Labute approximate surface area is 91.5 Å². The summed E-state index contributed by atoms with van der Waals surface area (Å²) in [4.78, 5) is 0. The molecule has 0 bridgehead atoms. The zero-order valence-corrected chi connectivity index (χ0v) is 9.68. The molecule has 14 heavy (non-hydrogen) atoms. The van der Waals surface area contributed by atoms with Crippen molar-refractivity contribution in [2.75, 3.05) is 0 Å². The Morgan fingerprint density at radius 3 is 2.07 bits per heavy atom. The maximum atomic E-state index is 2.41. The molecule has 0 radical (unpaired) electrons. The molecule has 0 heteroatoms. The summed E-state index contributed by atoms with van der Waals surface area (Å²) in [5, 5.41) is 0. The van der Waals surface area contributed by atoms with E-state index in [9.17, 15) is 0 Å². The molecule has 0 amide bonds. The summed E-state index contributed by atoms with van der Waals surface area (Å²) in [5.41, 5.74) is 0. The van der Waals surface area contributed by atoms with Crippen LogP contribution in [0.2, 0.25) is 0 Å². The summed E-state index contributed by atoms with van der Waals surface area (Å²) in [5.74, 6) is 2.99. The van der Waals surface area contributed by atoms with E-state index in [1.807, 2.05) is 0 Å². The van der Waals surface area contributed by atoms with Gasteiger partial charge in [-0.1, -0.05) is 73.1 Å². The van der Waals surface area contributed by atoms with E-state index in [0.29, 0.717) is 0 Å². The van der Waals surface area contributed by atoms with Gasteiger partial charge in [0.1, 0.15) is 0 Å². The van der Waals surface area contributed by atoms with Crippen LogP contribution in [0.1, 0.15) is 73.1 Å². The Bertz CT molecular complexity index is 120. The average molecular weight is 198 g/mol. The molecule has 0 aliphatic heterocycles. The third-order valence-electron chi connectivity index (χ3n) is 3.73. The Morgan fingerprint density at radius 2 is 1.64 bits per heavy atom. The number of hydrogen-bond donors (Lipinski definition) is 0. The van der Waals surface area contributed by atoms with E-state index >= 15 is 0 Å². The van der Waals surface area contributed by atoms with Crippen LogP contribution in [0.15, 0.2) is 0 Å². The van der Waals surface area contributed by atoms with Crippen LogP contribution in [-0.4, -0.2) is 0 Å². The highest BCUT2D eigenvalue weighted by atomic mass is 14.3. The molecular formula is C14H30. The maximum absolute atomic E-state index is 2.41. The lowest BCUT2D eigenvalue weighted by Gasteiger charge is -2.32. The van der Waals surface area contributed by atoms with Gasteiger partial charge in [-0.15, -0.1) is 0 Å². The molecule has 0 nitrogen and oxygen atoms in total. The lowest BCUT2D eigenvalue weighted by Crippen LogP contribution is -2.22. The van der Waals surface area contributed by atoms with E-state index in [0.717, 1.165) is 17.8 Å². The van der Waals surface area contributed by atoms with Crippen LogP contribution in [0, 0.1) is 17.8 Å². The van der Waals surface area contributed by atoms with Crippen molar-refractivity contribution in [1.82, 2.24) is 0 Å². The van der Waals surface area contributed by atoms with Crippen LogP contribution < -0.4 is 0 Å². The number of hydrogen-bond acceptors (Lipinski definition) is 0. The third-order valence-corrected chi connectivity index (χ3v) is 3.73. The second kappa shape index (κ2) is 7.31. The highest BCUT2D eigenvalue weighted by molar-refractivity contribution is 4.75. The van der Waals surface area contributed by atoms with E-state index in [1.54, 1.807) is 0 Å². The van der Waals surface area contributed by atoms with Gasteiger partial charge in [0.05, 0.1) is 0 Å². The average Bonchev–Trinajstić information content (AvgIpc) is 2.15. The van der Waals surface area contributed by atoms with Crippen LogP contribution in [0.5, 0.6) is 0 Å². The van der Waals surface area contributed by atoms with Crippen LogP contribution in [0.4, 0.5) is 0 Å². The molecular weight excluding hydrogens is 168 g/mol. The lowest BCUT2D eigenvalue weighted by atomic mass is 9.73. The molecule has 0 N–H and O–H groups in total. The van der Waals surface area contributed by atoms with E-state index < -0.39 is 0 Å². The van der Waals surface area contributed by atoms with Crippen molar-refractivity contribution in [3.8, 4) is 0 Å². The smallest absolute Gasteiger partial charge is 0.0363 e. The maximum Gasteiger partial charge on any atom is -0.0363 e. The van der Waals surface area contributed by atoms with Gasteiger partial charge in [0.2, 0.25) is 0 Å². The zero-order chi connectivity index (χ0) is 9.68. The molecule has 0 aromatic carbocycles. The van der Waals surface area contributed by atoms with Crippen molar-refractivity contribution in [1.29, 1.82) is 0 Å². The minimum atomic E-state index is 0. The van der Waals surface area contributed by atoms with Crippen molar-refractivity contribution in [3.05, 3.63) is 0 Å². The molecule has 1 fully saturated rings. The van der Waals surface area contributed by atoms with Crippen molar-refractivity contribution in [3.63, 3.8) is 0 Å². The van der Waals surface area contributed by atoms with Crippen LogP contribution in [0.25, 0.3) is 0 Å². The molecule has 1 rings (SSSR count). The molecule has 0 saturated heterocycles. The minimum Gasteiger partial charge on any atom is -0.0776 e. The summed E-state index contributed by atoms with van der Waals surface area (Å²) in [6.45, 7) is 7.15. The topological polar surface area (TPSA) is 0 Å². The van der Waals surface area contributed by atoms with E-state index in [-0.39, 0.29) is 7.43 Å². The van der Waals surface area contributed by atoms with Crippen molar-refractivity contribution >= 4 is 0 Å². The molecule has 86 valence electrons. The predicted molar refractivity (Wildman–Crippen MR) is 66.5 cm³/mol. The molecule has 0 unspecified atom stereocenters. The first-order valence-corrected chi connectivity index (χ1v) is 6.25.